The van der Waals surface area contributed by atoms with Crippen LogP contribution in [0.5, 0.6) is 0 Å². The first-order chi connectivity index (χ1) is 6.56. The molecule has 0 saturated carbocycles. The third-order valence-electron chi connectivity index (χ3n) is 1.78. The lowest BCUT2D eigenvalue weighted by Gasteiger charge is -2.08. The van der Waals surface area contributed by atoms with Crippen LogP contribution in [0.3, 0.4) is 0 Å². The molecule has 0 aliphatic heterocycles. The number of nitrogens with two attached hydrogens (primary N) is 1. The molecule has 1 aromatic rings. The molecular formula is C8H10ClFN2O3. The number of rotatable bonds is 3. The highest BCUT2D eigenvalue weighted by Gasteiger charge is 2.19. The smallest absolute Gasteiger partial charge is 0.274 e. The lowest BCUT2D eigenvalue weighted by Crippen LogP contribution is -2.16. The van der Waals surface area contributed by atoms with Crippen molar-refractivity contribution in [3.8, 4) is 0 Å². The Balaban J connectivity index is 0.00000196. The molecule has 0 bridgehead atoms. The van der Waals surface area contributed by atoms with Crippen molar-refractivity contribution in [1.29, 1.82) is 0 Å². The minimum atomic E-state index is -0.939. The van der Waals surface area contributed by atoms with Crippen molar-refractivity contribution in [1.82, 2.24) is 0 Å². The fraction of sp³-hybridized carbons (Fsp3) is 0.250. The van der Waals surface area contributed by atoms with Gasteiger partial charge in [-0.1, -0.05) is 0 Å². The van der Waals surface area contributed by atoms with Crippen molar-refractivity contribution < 1.29 is 14.4 Å². The Labute approximate surface area is 91.3 Å². The summed E-state index contributed by atoms with van der Waals surface area (Å²) >= 11 is 0. The Morgan fingerprint density at radius 1 is 1.60 bits per heavy atom. The average Bonchev–Trinajstić information content (AvgIpc) is 2.16. The zero-order valence-electron chi connectivity index (χ0n) is 7.59. The number of nitro benzene ring substituents is 1. The van der Waals surface area contributed by atoms with Crippen LogP contribution in [0.4, 0.5) is 10.1 Å². The molecule has 0 aromatic heterocycles. The van der Waals surface area contributed by atoms with Crippen LogP contribution in [0.2, 0.25) is 0 Å². The summed E-state index contributed by atoms with van der Waals surface area (Å²) in [6, 6.07) is 2.02. The zero-order valence-corrected chi connectivity index (χ0v) is 8.41. The van der Waals surface area contributed by atoms with E-state index in [0.717, 1.165) is 18.2 Å². The molecule has 0 heterocycles. The van der Waals surface area contributed by atoms with E-state index in [1.807, 2.05) is 0 Å². The summed E-state index contributed by atoms with van der Waals surface area (Å²) in [7, 11) is 0. The van der Waals surface area contributed by atoms with E-state index in [1.54, 1.807) is 0 Å². The molecule has 84 valence electrons. The van der Waals surface area contributed by atoms with Gasteiger partial charge in [-0.05, 0) is 12.1 Å². The van der Waals surface area contributed by atoms with Gasteiger partial charge >= 0.3 is 0 Å². The van der Waals surface area contributed by atoms with Crippen LogP contribution in [0.1, 0.15) is 11.6 Å². The van der Waals surface area contributed by atoms with Gasteiger partial charge in [0.25, 0.3) is 5.69 Å². The Morgan fingerprint density at radius 2 is 2.20 bits per heavy atom. The Bertz CT molecular complexity index is 362. The Kier molecular flexibility index (Phi) is 5.13. The van der Waals surface area contributed by atoms with E-state index in [1.165, 1.54) is 0 Å². The van der Waals surface area contributed by atoms with E-state index < -0.39 is 23.4 Å². The quantitative estimate of drug-likeness (QED) is 0.609. The molecule has 0 saturated heterocycles. The molecule has 3 N–H and O–H groups in total. The number of hydrogen-bond acceptors (Lipinski definition) is 4. The minimum Gasteiger partial charge on any atom is -0.394 e. The van der Waals surface area contributed by atoms with Crippen molar-refractivity contribution in [3.63, 3.8) is 0 Å². The third kappa shape index (κ3) is 3.12. The standard InChI is InChI=1S/C8H9FN2O3.ClH/c9-5-1-2-8(11(13)14)6(3-5)7(10)4-12;/h1-3,7,12H,4,10H2;1H/t7-;/m0./s1. The molecule has 0 radical (unpaired) electrons. The summed E-state index contributed by atoms with van der Waals surface area (Å²) in [6.45, 7) is -0.468. The Morgan fingerprint density at radius 3 is 2.67 bits per heavy atom. The first-order valence-corrected chi connectivity index (χ1v) is 3.86. The van der Waals surface area contributed by atoms with Gasteiger partial charge in [0.15, 0.2) is 0 Å². The van der Waals surface area contributed by atoms with E-state index in [2.05, 4.69) is 0 Å². The van der Waals surface area contributed by atoms with Gasteiger partial charge in [0.05, 0.1) is 23.1 Å². The number of halogens is 2. The van der Waals surface area contributed by atoms with Crippen molar-refractivity contribution in [2.24, 2.45) is 5.73 Å². The maximum Gasteiger partial charge on any atom is 0.274 e. The molecular weight excluding hydrogens is 227 g/mol. The molecule has 15 heavy (non-hydrogen) atoms. The summed E-state index contributed by atoms with van der Waals surface area (Å²) in [4.78, 5) is 9.84. The summed E-state index contributed by atoms with van der Waals surface area (Å²) in [5.74, 6) is -0.616. The highest BCUT2D eigenvalue weighted by Crippen LogP contribution is 2.24. The topological polar surface area (TPSA) is 89.4 Å². The van der Waals surface area contributed by atoms with Gasteiger partial charge in [0.2, 0.25) is 0 Å². The van der Waals surface area contributed by atoms with E-state index in [0.29, 0.717) is 0 Å². The number of hydrogen-bond donors (Lipinski definition) is 2. The number of benzene rings is 1. The molecule has 0 amide bonds. The molecule has 7 heteroatoms. The predicted molar refractivity (Wildman–Crippen MR) is 54.3 cm³/mol. The molecule has 0 spiro atoms. The second-order valence-corrected chi connectivity index (χ2v) is 2.75. The minimum absolute atomic E-state index is 0. The molecule has 0 aliphatic carbocycles. The number of aliphatic hydroxyl groups is 1. The van der Waals surface area contributed by atoms with Gasteiger partial charge in [-0.15, -0.1) is 12.4 Å². The van der Waals surface area contributed by atoms with Crippen molar-refractivity contribution in [3.05, 3.63) is 39.7 Å². The monoisotopic (exact) mass is 236 g/mol. The van der Waals surface area contributed by atoms with Gasteiger partial charge in [-0.3, -0.25) is 10.1 Å². The van der Waals surface area contributed by atoms with Crippen molar-refractivity contribution >= 4 is 18.1 Å². The largest absolute Gasteiger partial charge is 0.394 e. The molecule has 5 nitrogen and oxygen atoms in total. The van der Waals surface area contributed by atoms with E-state index in [4.69, 9.17) is 10.8 Å². The molecule has 1 aromatic carbocycles. The van der Waals surface area contributed by atoms with Gasteiger partial charge in [-0.2, -0.15) is 0 Å². The molecule has 0 fully saturated rings. The first kappa shape index (κ1) is 13.8. The second kappa shape index (κ2) is 5.59. The highest BCUT2D eigenvalue weighted by molar-refractivity contribution is 5.85. The lowest BCUT2D eigenvalue weighted by molar-refractivity contribution is -0.385. The van der Waals surface area contributed by atoms with E-state index >= 15 is 0 Å². The predicted octanol–water partition coefficient (Wildman–Crippen LogP) is 1.15. The van der Waals surface area contributed by atoms with Gasteiger partial charge in [-0.25, -0.2) is 4.39 Å². The highest BCUT2D eigenvalue weighted by atomic mass is 35.5. The third-order valence-corrected chi connectivity index (χ3v) is 1.78. The van der Waals surface area contributed by atoms with Crippen LogP contribution in [0, 0.1) is 15.9 Å². The lowest BCUT2D eigenvalue weighted by atomic mass is 10.1. The van der Waals surface area contributed by atoms with Crippen molar-refractivity contribution in [2.45, 2.75) is 6.04 Å². The molecule has 1 atom stereocenters. The molecule has 0 unspecified atom stereocenters. The first-order valence-electron chi connectivity index (χ1n) is 3.86. The van der Waals surface area contributed by atoms with E-state index in [-0.39, 0.29) is 23.7 Å². The number of nitrogens with zero attached hydrogens (tertiary/aromatic N) is 1. The number of aliphatic hydroxyl groups excluding tert-OH is 1. The van der Waals surface area contributed by atoms with E-state index in [9.17, 15) is 14.5 Å². The van der Waals surface area contributed by atoms with Crippen molar-refractivity contribution in [2.75, 3.05) is 6.61 Å². The van der Waals surface area contributed by atoms with Crippen LogP contribution < -0.4 is 5.73 Å². The van der Waals surface area contributed by atoms with Gasteiger partial charge in [0.1, 0.15) is 5.82 Å². The normalized spacial score (nSPS) is 11.7. The molecule has 0 aliphatic rings. The Hall–Kier alpha value is -1.24. The summed E-state index contributed by atoms with van der Waals surface area (Å²) in [5, 5.41) is 19.2. The summed E-state index contributed by atoms with van der Waals surface area (Å²) in [6.07, 6.45) is 0. The van der Waals surface area contributed by atoms with Gasteiger partial charge in [0, 0.05) is 6.07 Å². The second-order valence-electron chi connectivity index (χ2n) is 2.75. The molecule has 1 rings (SSSR count). The number of nitro groups is 1. The van der Waals surface area contributed by atoms with Crippen LogP contribution in [0.25, 0.3) is 0 Å². The average molecular weight is 237 g/mol. The SMILES string of the molecule is Cl.N[C@@H](CO)c1cc(F)ccc1[N+](=O)[O-]. The summed E-state index contributed by atoms with van der Waals surface area (Å²) in [5.41, 5.74) is 5.09. The van der Waals surface area contributed by atoms with Crippen LogP contribution >= 0.6 is 12.4 Å². The fourth-order valence-electron chi connectivity index (χ4n) is 1.09. The summed E-state index contributed by atoms with van der Waals surface area (Å²) < 4.78 is 12.7. The maximum absolute atomic E-state index is 12.7. The van der Waals surface area contributed by atoms with Crippen LogP contribution in [-0.4, -0.2) is 16.6 Å². The van der Waals surface area contributed by atoms with Gasteiger partial charge < -0.3 is 10.8 Å². The van der Waals surface area contributed by atoms with Crippen LogP contribution in [0.15, 0.2) is 18.2 Å². The van der Waals surface area contributed by atoms with Crippen LogP contribution in [-0.2, 0) is 0 Å². The maximum atomic E-state index is 12.7. The fourth-order valence-corrected chi connectivity index (χ4v) is 1.09. The zero-order chi connectivity index (χ0) is 10.7.